The van der Waals surface area contributed by atoms with Gasteiger partial charge in [-0.1, -0.05) is 76.2 Å². The molecule has 53 heavy (non-hydrogen) atoms. The van der Waals surface area contributed by atoms with Crippen LogP contribution < -0.4 is 26.0 Å². The van der Waals surface area contributed by atoms with Gasteiger partial charge >= 0.3 is 0 Å². The average Bonchev–Trinajstić information content (AvgIpc) is 3.91. The molecule has 5 aromatic rings. The van der Waals surface area contributed by atoms with Crippen LogP contribution in [0.1, 0.15) is 82.9 Å². The molecule has 13 heteroatoms. The largest absolute Gasteiger partial charge is 0.469 e. The molecule has 0 radical (unpaired) electrons. The number of nitrogens with one attached hydrogen (secondary N) is 5. The molecule has 0 saturated heterocycles. The minimum atomic E-state index is -1.32. The fourth-order valence-electron chi connectivity index (χ4n) is 7.66. The molecule has 5 atom stereocenters. The maximum atomic E-state index is 14.4. The lowest BCUT2D eigenvalue weighted by atomic mass is 9.72. The smallest absolute Gasteiger partial charge is 0.273 e. The van der Waals surface area contributed by atoms with E-state index in [1.165, 1.54) is 0 Å². The lowest BCUT2D eigenvalue weighted by molar-refractivity contribution is -0.135. The summed E-state index contributed by atoms with van der Waals surface area (Å²) >= 11 is 0. The first kappa shape index (κ1) is 34.2. The van der Waals surface area contributed by atoms with Gasteiger partial charge in [-0.3, -0.25) is 19.2 Å². The number of ketones is 1. The number of benzene rings is 3. The molecule has 8 rings (SSSR count). The quantitative estimate of drug-likeness (QED) is 0.129. The van der Waals surface area contributed by atoms with E-state index >= 15 is 0 Å². The Kier molecular flexibility index (Phi) is 8.33. The van der Waals surface area contributed by atoms with Gasteiger partial charge in [0.15, 0.2) is 23.5 Å². The number of aliphatic hydroxyl groups excluding tert-OH is 1. The van der Waals surface area contributed by atoms with Crippen LogP contribution in [0.25, 0.3) is 10.9 Å². The summed E-state index contributed by atoms with van der Waals surface area (Å²) in [6, 6.07) is 18.7. The van der Waals surface area contributed by atoms with Crippen molar-refractivity contribution in [3.63, 3.8) is 0 Å². The first-order valence-electron chi connectivity index (χ1n) is 17.8. The number of ether oxygens (including phenoxy) is 1. The van der Waals surface area contributed by atoms with E-state index in [0.29, 0.717) is 22.4 Å². The number of aromatic nitrogens is 2. The number of aromatic amines is 1. The molecule has 3 unspecified atom stereocenters. The van der Waals surface area contributed by atoms with Crippen molar-refractivity contribution in [2.24, 2.45) is 11.8 Å². The number of para-hydroxylation sites is 2. The number of carbonyl (C=O) groups is 4. The maximum absolute atomic E-state index is 14.4. The molecule has 1 spiro atoms. The maximum Gasteiger partial charge on any atom is 0.273 e. The van der Waals surface area contributed by atoms with Gasteiger partial charge in [0.25, 0.3) is 5.91 Å². The van der Waals surface area contributed by atoms with Gasteiger partial charge in [0.2, 0.25) is 17.7 Å². The van der Waals surface area contributed by atoms with Crippen molar-refractivity contribution in [1.82, 2.24) is 25.9 Å². The molecular formula is C40H40N6O7. The zero-order chi connectivity index (χ0) is 37.2. The normalized spacial score (nSPS) is 21.8. The van der Waals surface area contributed by atoms with Crippen molar-refractivity contribution in [3.8, 4) is 5.75 Å². The van der Waals surface area contributed by atoms with Crippen molar-refractivity contribution in [1.29, 1.82) is 0 Å². The number of oxazole rings is 1. The predicted molar refractivity (Wildman–Crippen MR) is 194 cm³/mol. The molecule has 0 aliphatic carbocycles. The zero-order valence-corrected chi connectivity index (χ0v) is 29.7. The van der Waals surface area contributed by atoms with E-state index in [1.54, 1.807) is 26.1 Å². The second-order valence-corrected chi connectivity index (χ2v) is 14.6. The number of rotatable bonds is 8. The average molecular weight is 717 g/mol. The molecule has 272 valence electrons. The monoisotopic (exact) mass is 716 g/mol. The van der Waals surface area contributed by atoms with Crippen LogP contribution in [-0.2, 0) is 21.4 Å². The van der Waals surface area contributed by atoms with Crippen LogP contribution in [0.5, 0.6) is 5.75 Å². The highest BCUT2D eigenvalue weighted by Crippen LogP contribution is 2.58. The fourth-order valence-corrected chi connectivity index (χ4v) is 7.66. The van der Waals surface area contributed by atoms with Gasteiger partial charge in [0, 0.05) is 40.3 Å². The topological polar surface area (TPSA) is 188 Å². The number of aliphatic hydroxyl groups is 1. The molecule has 6 N–H and O–H groups in total. The fraction of sp³-hybridized carbons (Fsp3) is 0.325. The number of fused-ring (bicyclic) bond motifs is 5. The van der Waals surface area contributed by atoms with Crippen LogP contribution in [0.2, 0.25) is 0 Å². The summed E-state index contributed by atoms with van der Waals surface area (Å²) in [7, 11) is 0. The van der Waals surface area contributed by atoms with Gasteiger partial charge in [-0.2, -0.15) is 0 Å². The van der Waals surface area contributed by atoms with E-state index in [0.717, 1.165) is 22.2 Å². The second kappa shape index (κ2) is 12.9. The number of amides is 3. The SMILES string of the molecule is CC(C)C(O)C(=O)N[C@H]1Cc2ccc3c(c2)C2(c4ccccc4NC2O3)c2oc(nc2C(=O)NCC(=O)c2c[nH]c3ccccc23)[C@H](C(C)C)NC1=O. The number of H-pyrrole nitrogens is 1. The van der Waals surface area contributed by atoms with Crippen molar-refractivity contribution in [2.75, 3.05) is 11.9 Å². The summed E-state index contributed by atoms with van der Waals surface area (Å²) in [5.74, 6) is -1.94. The van der Waals surface area contributed by atoms with Gasteiger partial charge in [0.1, 0.15) is 29.4 Å². The van der Waals surface area contributed by atoms with Crippen LogP contribution in [0, 0.1) is 11.8 Å². The minimum absolute atomic E-state index is 0.0545. The first-order valence-corrected chi connectivity index (χ1v) is 17.8. The summed E-state index contributed by atoms with van der Waals surface area (Å²) in [6.45, 7) is 6.89. The molecule has 0 fully saturated rings. The van der Waals surface area contributed by atoms with E-state index < -0.39 is 47.6 Å². The third kappa shape index (κ3) is 5.54. The first-order chi connectivity index (χ1) is 25.5. The lowest BCUT2D eigenvalue weighted by Gasteiger charge is -2.29. The summed E-state index contributed by atoms with van der Waals surface area (Å²) in [6.07, 6.45) is -0.324. The number of Topliss-reactive ketones (excluding diaryl/α,β-unsaturated/α-hetero) is 1. The number of hydrogen-bond donors (Lipinski definition) is 6. The molecule has 13 nitrogen and oxygen atoms in total. The Balaban J connectivity index is 1.26. The minimum Gasteiger partial charge on any atom is -0.469 e. The molecule has 2 aromatic heterocycles. The lowest BCUT2D eigenvalue weighted by Crippen LogP contribution is -2.52. The molecule has 5 heterocycles. The van der Waals surface area contributed by atoms with Crippen LogP contribution in [0.15, 0.2) is 77.3 Å². The summed E-state index contributed by atoms with van der Waals surface area (Å²) < 4.78 is 13.3. The molecule has 3 aliphatic rings. The standard InChI is InChI=1S/C40H40N6O7/c1-19(2)31-38-46-32(36(50)42-18-29(47)23-17-41-26-11-7-5-9-22(23)26)34(53-38)40-24-10-6-8-12-27(24)44-39(40)52-30-14-13-21(15-25(30)40)16-28(35(49)45-31)43-37(51)33(48)20(3)4/h5-15,17,19-20,28,31,33,39,41,44,48H,16,18H2,1-4H3,(H,42,50)(H,43,51)(H,45,49)/t28-,31-,33?,39?,40?/m0/s1. The van der Waals surface area contributed by atoms with Crippen LogP contribution >= 0.6 is 0 Å². The summed E-state index contributed by atoms with van der Waals surface area (Å²) in [5, 5.41) is 23.3. The van der Waals surface area contributed by atoms with E-state index in [2.05, 4.69) is 26.3 Å². The Morgan fingerprint density at radius 2 is 1.77 bits per heavy atom. The Labute approximate surface area is 304 Å². The molecule has 0 saturated carbocycles. The van der Waals surface area contributed by atoms with Gasteiger partial charge in [0.05, 0.1) is 6.54 Å². The van der Waals surface area contributed by atoms with E-state index in [-0.39, 0.29) is 47.9 Å². The summed E-state index contributed by atoms with van der Waals surface area (Å²) in [4.78, 5) is 62.9. The molecule has 3 aromatic carbocycles. The molecule has 4 bridgehead atoms. The van der Waals surface area contributed by atoms with E-state index in [9.17, 15) is 24.3 Å². The highest BCUT2D eigenvalue weighted by Gasteiger charge is 2.61. The van der Waals surface area contributed by atoms with E-state index in [4.69, 9.17) is 14.1 Å². The van der Waals surface area contributed by atoms with Crippen molar-refractivity contribution in [2.45, 2.75) is 63.9 Å². The number of hydrogen-bond acceptors (Lipinski definition) is 9. The zero-order valence-electron chi connectivity index (χ0n) is 29.7. The predicted octanol–water partition coefficient (Wildman–Crippen LogP) is 4.12. The Bertz CT molecular complexity index is 2290. The number of nitrogens with zero attached hydrogens (tertiary/aromatic N) is 1. The molecule has 3 aliphatic heterocycles. The highest BCUT2D eigenvalue weighted by molar-refractivity contribution is 6.10. The number of carbonyl (C=O) groups excluding carboxylic acids is 4. The van der Waals surface area contributed by atoms with Gasteiger partial charge in [-0.15, -0.1) is 0 Å². The van der Waals surface area contributed by atoms with Crippen molar-refractivity contribution < 1.29 is 33.4 Å². The van der Waals surface area contributed by atoms with Gasteiger partial charge in [-0.25, -0.2) is 4.98 Å². The van der Waals surface area contributed by atoms with E-state index in [1.807, 2.05) is 74.5 Å². The second-order valence-electron chi connectivity index (χ2n) is 14.6. The van der Waals surface area contributed by atoms with Crippen molar-refractivity contribution in [3.05, 3.63) is 113 Å². The van der Waals surface area contributed by atoms with Crippen LogP contribution in [0.4, 0.5) is 5.69 Å². The molecule has 3 amide bonds. The highest BCUT2D eigenvalue weighted by atomic mass is 16.5. The van der Waals surface area contributed by atoms with Crippen LogP contribution in [-0.4, -0.2) is 63.5 Å². The Morgan fingerprint density at radius 1 is 1.00 bits per heavy atom. The molecular weight excluding hydrogens is 676 g/mol. The van der Waals surface area contributed by atoms with Crippen molar-refractivity contribution >= 4 is 40.1 Å². The third-order valence-corrected chi connectivity index (χ3v) is 10.5. The number of anilines is 1. The summed E-state index contributed by atoms with van der Waals surface area (Å²) in [5.41, 5.74) is 2.94. The Hall–Kier alpha value is -5.95. The van der Waals surface area contributed by atoms with Gasteiger partial charge in [-0.05, 0) is 41.2 Å². The van der Waals surface area contributed by atoms with Gasteiger partial charge < -0.3 is 40.5 Å². The van der Waals surface area contributed by atoms with Crippen LogP contribution in [0.3, 0.4) is 0 Å². The Morgan fingerprint density at radius 3 is 2.57 bits per heavy atom. The third-order valence-electron chi connectivity index (χ3n) is 10.5.